The Morgan fingerprint density at radius 2 is 1.95 bits per heavy atom. The van der Waals surface area contributed by atoms with E-state index >= 15 is 0 Å². The number of benzene rings is 1. The summed E-state index contributed by atoms with van der Waals surface area (Å²) in [6.45, 7) is 4.28. The SMILES string of the molecule is CCCC(C)c1noc(N)c1-c1ccc(OC)c(OC)c1. The van der Waals surface area contributed by atoms with Gasteiger partial charge in [-0.1, -0.05) is 31.5 Å². The molecule has 0 spiro atoms. The molecule has 1 aromatic carbocycles. The number of hydrogen-bond donors (Lipinski definition) is 1. The fourth-order valence-electron chi connectivity index (χ4n) is 2.50. The molecule has 0 aliphatic carbocycles. The quantitative estimate of drug-likeness (QED) is 0.875. The molecule has 5 nitrogen and oxygen atoms in total. The molecule has 0 aliphatic rings. The van der Waals surface area contributed by atoms with Crippen LogP contribution in [0.15, 0.2) is 22.7 Å². The lowest BCUT2D eigenvalue weighted by Gasteiger charge is -2.12. The minimum Gasteiger partial charge on any atom is -0.493 e. The maximum atomic E-state index is 5.97. The fourth-order valence-corrected chi connectivity index (χ4v) is 2.50. The molecule has 1 aromatic heterocycles. The molecule has 21 heavy (non-hydrogen) atoms. The molecule has 0 saturated carbocycles. The fraction of sp³-hybridized carbons (Fsp3) is 0.438. The van der Waals surface area contributed by atoms with Crippen LogP contribution < -0.4 is 15.2 Å². The zero-order chi connectivity index (χ0) is 15.4. The molecule has 0 amide bonds. The Hall–Kier alpha value is -2.17. The largest absolute Gasteiger partial charge is 0.493 e. The van der Waals surface area contributed by atoms with E-state index in [4.69, 9.17) is 19.7 Å². The molecule has 0 fully saturated rings. The van der Waals surface area contributed by atoms with E-state index in [1.807, 2.05) is 18.2 Å². The Balaban J connectivity index is 2.49. The van der Waals surface area contributed by atoms with Gasteiger partial charge in [-0.2, -0.15) is 0 Å². The van der Waals surface area contributed by atoms with E-state index in [2.05, 4.69) is 19.0 Å². The monoisotopic (exact) mass is 290 g/mol. The molecule has 0 aliphatic heterocycles. The van der Waals surface area contributed by atoms with Crippen molar-refractivity contribution >= 4 is 5.88 Å². The summed E-state index contributed by atoms with van der Waals surface area (Å²) in [6, 6.07) is 5.69. The second-order valence-electron chi connectivity index (χ2n) is 5.07. The lowest BCUT2D eigenvalue weighted by atomic mass is 9.95. The van der Waals surface area contributed by atoms with Gasteiger partial charge in [0.25, 0.3) is 0 Å². The van der Waals surface area contributed by atoms with Crippen LogP contribution in [-0.2, 0) is 0 Å². The van der Waals surface area contributed by atoms with E-state index in [-0.39, 0.29) is 0 Å². The first kappa shape index (κ1) is 15.2. The Morgan fingerprint density at radius 1 is 1.24 bits per heavy atom. The van der Waals surface area contributed by atoms with Crippen LogP contribution in [0.1, 0.15) is 38.3 Å². The average Bonchev–Trinajstić information content (AvgIpc) is 2.88. The average molecular weight is 290 g/mol. The van der Waals surface area contributed by atoms with Crippen molar-refractivity contribution in [2.75, 3.05) is 20.0 Å². The maximum Gasteiger partial charge on any atom is 0.230 e. The zero-order valence-corrected chi connectivity index (χ0v) is 13.0. The van der Waals surface area contributed by atoms with Gasteiger partial charge < -0.3 is 19.7 Å². The second kappa shape index (κ2) is 6.52. The van der Waals surface area contributed by atoms with Crippen LogP contribution in [0.25, 0.3) is 11.1 Å². The maximum absolute atomic E-state index is 5.97. The summed E-state index contributed by atoms with van der Waals surface area (Å²) in [5.74, 6) is 1.96. The van der Waals surface area contributed by atoms with E-state index in [0.29, 0.717) is 23.3 Å². The van der Waals surface area contributed by atoms with Crippen LogP contribution in [0.5, 0.6) is 11.5 Å². The third-order valence-electron chi connectivity index (χ3n) is 3.61. The molecule has 1 unspecified atom stereocenters. The van der Waals surface area contributed by atoms with E-state index in [9.17, 15) is 0 Å². The van der Waals surface area contributed by atoms with Crippen LogP contribution in [0, 0.1) is 0 Å². The van der Waals surface area contributed by atoms with Gasteiger partial charge in [0.2, 0.25) is 5.88 Å². The molecule has 0 radical (unpaired) electrons. The second-order valence-corrected chi connectivity index (χ2v) is 5.07. The lowest BCUT2D eigenvalue weighted by molar-refractivity contribution is 0.355. The summed E-state index contributed by atoms with van der Waals surface area (Å²) in [5, 5.41) is 4.14. The number of aromatic nitrogens is 1. The highest BCUT2D eigenvalue weighted by Crippen LogP contribution is 2.39. The molecular weight excluding hydrogens is 268 g/mol. The van der Waals surface area contributed by atoms with Crippen LogP contribution in [0.4, 0.5) is 5.88 Å². The summed E-state index contributed by atoms with van der Waals surface area (Å²) in [5.41, 5.74) is 8.62. The Bertz CT molecular complexity index is 608. The van der Waals surface area contributed by atoms with Crippen LogP contribution in [0.2, 0.25) is 0 Å². The van der Waals surface area contributed by atoms with Gasteiger partial charge in [-0.15, -0.1) is 0 Å². The highest BCUT2D eigenvalue weighted by molar-refractivity contribution is 5.77. The van der Waals surface area contributed by atoms with Gasteiger partial charge in [0.1, 0.15) is 0 Å². The Morgan fingerprint density at radius 3 is 2.57 bits per heavy atom. The molecule has 2 aromatic rings. The Labute approximate surface area is 125 Å². The third-order valence-corrected chi connectivity index (χ3v) is 3.61. The molecule has 2 N–H and O–H groups in total. The van der Waals surface area contributed by atoms with Gasteiger partial charge in [-0.25, -0.2) is 0 Å². The predicted molar refractivity (Wildman–Crippen MR) is 82.8 cm³/mol. The highest BCUT2D eigenvalue weighted by Gasteiger charge is 2.21. The standard InChI is InChI=1S/C16H22N2O3/c1-5-6-10(2)15-14(16(17)21-18-15)11-7-8-12(19-3)13(9-11)20-4/h7-10H,5-6,17H2,1-4H3. The minimum absolute atomic E-state index is 0.291. The topological polar surface area (TPSA) is 70.5 Å². The number of methoxy groups -OCH3 is 2. The smallest absolute Gasteiger partial charge is 0.230 e. The number of rotatable bonds is 6. The van der Waals surface area contributed by atoms with Crippen molar-refractivity contribution in [1.82, 2.24) is 5.16 Å². The van der Waals surface area contributed by atoms with E-state index < -0.39 is 0 Å². The Kier molecular flexibility index (Phi) is 4.73. The van der Waals surface area contributed by atoms with E-state index in [0.717, 1.165) is 29.7 Å². The van der Waals surface area contributed by atoms with E-state index in [1.165, 1.54) is 0 Å². The first-order valence-corrected chi connectivity index (χ1v) is 7.09. The first-order chi connectivity index (χ1) is 10.1. The van der Waals surface area contributed by atoms with Gasteiger partial charge in [0.05, 0.1) is 25.5 Å². The number of nitrogens with zero attached hydrogens (tertiary/aromatic N) is 1. The van der Waals surface area contributed by atoms with E-state index in [1.54, 1.807) is 14.2 Å². The van der Waals surface area contributed by atoms with Gasteiger partial charge in [0.15, 0.2) is 11.5 Å². The van der Waals surface area contributed by atoms with Crippen molar-refractivity contribution in [3.8, 4) is 22.6 Å². The number of nitrogen functional groups attached to an aromatic ring is 1. The number of hydrogen-bond acceptors (Lipinski definition) is 5. The summed E-state index contributed by atoms with van der Waals surface area (Å²) in [6.07, 6.45) is 2.12. The van der Waals surface area contributed by atoms with Crippen molar-refractivity contribution in [1.29, 1.82) is 0 Å². The molecule has 1 heterocycles. The van der Waals surface area contributed by atoms with Crippen LogP contribution in [0.3, 0.4) is 0 Å². The number of anilines is 1. The number of ether oxygens (including phenoxy) is 2. The van der Waals surface area contributed by atoms with Gasteiger partial charge in [0, 0.05) is 5.92 Å². The predicted octanol–water partition coefficient (Wildman–Crippen LogP) is 3.84. The zero-order valence-electron chi connectivity index (χ0n) is 13.0. The van der Waals surface area contributed by atoms with Crippen LogP contribution >= 0.6 is 0 Å². The summed E-state index contributed by atoms with van der Waals surface area (Å²) in [7, 11) is 3.22. The lowest BCUT2D eigenvalue weighted by Crippen LogP contribution is -1.98. The third kappa shape index (κ3) is 2.96. The molecule has 5 heteroatoms. The molecule has 114 valence electrons. The van der Waals surface area contributed by atoms with Crippen molar-refractivity contribution in [3.63, 3.8) is 0 Å². The van der Waals surface area contributed by atoms with Crippen molar-refractivity contribution in [3.05, 3.63) is 23.9 Å². The van der Waals surface area contributed by atoms with Crippen LogP contribution in [-0.4, -0.2) is 19.4 Å². The van der Waals surface area contributed by atoms with Gasteiger partial charge in [-0.3, -0.25) is 0 Å². The van der Waals surface area contributed by atoms with Gasteiger partial charge in [-0.05, 0) is 24.1 Å². The first-order valence-electron chi connectivity index (χ1n) is 7.09. The summed E-state index contributed by atoms with van der Waals surface area (Å²) >= 11 is 0. The summed E-state index contributed by atoms with van der Waals surface area (Å²) < 4.78 is 15.8. The summed E-state index contributed by atoms with van der Waals surface area (Å²) in [4.78, 5) is 0. The highest BCUT2D eigenvalue weighted by atomic mass is 16.5. The molecule has 0 saturated heterocycles. The van der Waals surface area contributed by atoms with Crippen molar-refractivity contribution in [2.45, 2.75) is 32.6 Å². The minimum atomic E-state index is 0.291. The normalized spacial score (nSPS) is 12.2. The molecule has 1 atom stereocenters. The molecular formula is C16H22N2O3. The molecule has 0 bridgehead atoms. The van der Waals surface area contributed by atoms with Gasteiger partial charge >= 0.3 is 0 Å². The van der Waals surface area contributed by atoms with Crippen molar-refractivity contribution < 1.29 is 14.0 Å². The number of nitrogens with two attached hydrogens (primary N) is 1. The molecule has 2 rings (SSSR count). The van der Waals surface area contributed by atoms with Crippen molar-refractivity contribution in [2.24, 2.45) is 0 Å².